The molecule has 3 aromatic rings. The Morgan fingerprint density at radius 3 is 2.86 bits per heavy atom. The van der Waals surface area contributed by atoms with Crippen molar-refractivity contribution in [1.29, 1.82) is 0 Å². The molecule has 1 atom stereocenters. The zero-order valence-corrected chi connectivity index (χ0v) is 22.0. The van der Waals surface area contributed by atoms with Crippen molar-refractivity contribution in [3.8, 4) is 0 Å². The average Bonchev–Trinajstić information content (AvgIpc) is 3.43. The molecule has 1 aromatic heterocycles. The molecule has 6 rings (SSSR count). The number of benzene rings is 2. The molecule has 2 aromatic carbocycles. The summed E-state index contributed by atoms with van der Waals surface area (Å²) in [7, 11) is 2.00. The van der Waals surface area contributed by atoms with Crippen LogP contribution in [0, 0.1) is 5.92 Å². The highest BCUT2D eigenvalue weighted by atomic mass is 35.5. The summed E-state index contributed by atoms with van der Waals surface area (Å²) < 4.78 is 10.1. The van der Waals surface area contributed by atoms with Gasteiger partial charge < -0.3 is 13.6 Å². The number of hydrogen-bond donors (Lipinski definition) is 0. The minimum atomic E-state index is -0.0512. The number of fused-ring (bicyclic) bond motifs is 1. The van der Waals surface area contributed by atoms with E-state index >= 15 is 0 Å². The third kappa shape index (κ3) is 4.59. The maximum absolute atomic E-state index is 6.81. The van der Waals surface area contributed by atoms with Gasteiger partial charge in [0.05, 0.1) is 19.8 Å². The first-order chi connectivity index (χ1) is 17.0. The summed E-state index contributed by atoms with van der Waals surface area (Å²) in [6.45, 7) is 7.94. The molecule has 8 heteroatoms. The second kappa shape index (κ2) is 9.43. The van der Waals surface area contributed by atoms with Gasteiger partial charge in [0.2, 0.25) is 0 Å². The summed E-state index contributed by atoms with van der Waals surface area (Å²) in [5, 5.41) is 9.27. The van der Waals surface area contributed by atoms with Gasteiger partial charge >= 0.3 is 0 Å². The zero-order valence-electron chi connectivity index (χ0n) is 20.4. The summed E-state index contributed by atoms with van der Waals surface area (Å²) in [4.78, 5) is 3.85. The molecule has 2 fully saturated rings. The summed E-state index contributed by atoms with van der Waals surface area (Å²) in [6.07, 6.45) is 5.23. The smallest absolute Gasteiger partial charge is 0.133 e. The van der Waals surface area contributed by atoms with Crippen LogP contribution in [-0.2, 0) is 36.7 Å². The Kier molecular flexibility index (Phi) is 6.29. The van der Waals surface area contributed by atoms with Crippen molar-refractivity contribution in [1.82, 2.24) is 19.7 Å². The van der Waals surface area contributed by atoms with Gasteiger partial charge in [-0.3, -0.25) is 4.90 Å². The van der Waals surface area contributed by atoms with E-state index in [1.165, 1.54) is 53.2 Å². The van der Waals surface area contributed by atoms with Crippen LogP contribution >= 0.6 is 23.5 Å². The minimum Gasteiger partial charge on any atom is -0.379 e. The molecule has 2 saturated heterocycles. The third-order valence-electron chi connectivity index (χ3n) is 7.68. The summed E-state index contributed by atoms with van der Waals surface area (Å²) >= 11 is 8.62. The van der Waals surface area contributed by atoms with E-state index in [-0.39, 0.29) is 5.41 Å². The van der Waals surface area contributed by atoms with Gasteiger partial charge in [-0.15, -0.1) is 10.2 Å². The Balaban J connectivity index is 1.21. The van der Waals surface area contributed by atoms with Gasteiger partial charge in [-0.05, 0) is 72.6 Å². The lowest BCUT2D eigenvalue weighted by Crippen LogP contribution is -2.49. The van der Waals surface area contributed by atoms with Crippen molar-refractivity contribution in [2.75, 3.05) is 30.6 Å². The van der Waals surface area contributed by atoms with Crippen LogP contribution in [0.1, 0.15) is 42.3 Å². The van der Waals surface area contributed by atoms with Gasteiger partial charge in [0, 0.05) is 53.1 Å². The number of likely N-dealkylation sites (tertiary alicyclic amines) is 1. The van der Waals surface area contributed by atoms with E-state index in [4.69, 9.17) is 16.3 Å². The maximum Gasteiger partial charge on any atom is 0.133 e. The molecule has 0 saturated carbocycles. The van der Waals surface area contributed by atoms with E-state index in [9.17, 15) is 0 Å². The fraction of sp³-hybridized carbons (Fsp3) is 0.481. The quantitative estimate of drug-likeness (QED) is 0.423. The fourth-order valence-corrected chi connectivity index (χ4v) is 7.09. The van der Waals surface area contributed by atoms with Gasteiger partial charge in [0.25, 0.3) is 0 Å². The number of ether oxygens (including phenoxy) is 1. The molecule has 0 radical (unpaired) electrons. The van der Waals surface area contributed by atoms with Crippen molar-refractivity contribution in [2.45, 2.75) is 49.6 Å². The zero-order chi connectivity index (χ0) is 24.0. The van der Waals surface area contributed by atoms with Crippen LogP contribution in [-0.4, -0.2) is 46.0 Å². The predicted octanol–water partition coefficient (Wildman–Crippen LogP) is 5.24. The van der Waals surface area contributed by atoms with Gasteiger partial charge in [-0.25, -0.2) is 0 Å². The van der Waals surface area contributed by atoms with Gasteiger partial charge in [0.15, 0.2) is 0 Å². The second-order valence-electron chi connectivity index (χ2n) is 10.5. The molecule has 3 aliphatic rings. The molecular formula is C27H32ClN5OS. The molecule has 6 nitrogen and oxygen atoms in total. The largest absolute Gasteiger partial charge is 0.379 e. The van der Waals surface area contributed by atoms with Crippen LogP contribution in [0.3, 0.4) is 0 Å². The lowest BCUT2D eigenvalue weighted by atomic mass is 9.75. The van der Waals surface area contributed by atoms with Crippen LogP contribution in [0.2, 0.25) is 5.02 Å². The van der Waals surface area contributed by atoms with Crippen LogP contribution in [0.15, 0.2) is 47.6 Å². The number of nitrogens with zero attached hydrogens (tertiary/aromatic N) is 5. The van der Waals surface area contributed by atoms with E-state index in [2.05, 4.69) is 62.7 Å². The molecule has 0 bridgehead atoms. The highest BCUT2D eigenvalue weighted by Gasteiger charge is 2.42. The molecule has 184 valence electrons. The van der Waals surface area contributed by atoms with Gasteiger partial charge in [0.1, 0.15) is 12.2 Å². The first kappa shape index (κ1) is 23.3. The molecule has 0 aliphatic carbocycles. The molecule has 0 N–H and O–H groups in total. The average molecular weight is 510 g/mol. The second-order valence-corrected chi connectivity index (χ2v) is 12.0. The number of halogens is 1. The molecule has 0 spiro atoms. The van der Waals surface area contributed by atoms with Crippen molar-refractivity contribution >= 4 is 29.2 Å². The Labute approximate surface area is 216 Å². The number of rotatable bonds is 6. The van der Waals surface area contributed by atoms with E-state index in [1.54, 1.807) is 18.3 Å². The Morgan fingerprint density at radius 2 is 2.11 bits per heavy atom. The van der Waals surface area contributed by atoms with Crippen molar-refractivity contribution in [3.05, 3.63) is 70.3 Å². The minimum absolute atomic E-state index is 0.0512. The molecule has 35 heavy (non-hydrogen) atoms. The van der Waals surface area contributed by atoms with E-state index < -0.39 is 0 Å². The van der Waals surface area contributed by atoms with Crippen LogP contribution in [0.25, 0.3) is 0 Å². The Bertz CT molecular complexity index is 1230. The number of piperidine rings is 1. The van der Waals surface area contributed by atoms with Crippen molar-refractivity contribution < 1.29 is 4.74 Å². The van der Waals surface area contributed by atoms with Gasteiger partial charge in [-0.1, -0.05) is 30.7 Å². The van der Waals surface area contributed by atoms with Crippen LogP contribution in [0.5, 0.6) is 0 Å². The first-order valence-corrected chi connectivity index (χ1v) is 13.6. The SMILES string of the molecule is CC1CCCN(Cc2cc(Cl)c3c(c2)SN(c2cccc(C4(Cc5nncn5C)COC4)c2)C3)C1. The Hall–Kier alpha value is -2.06. The molecule has 4 heterocycles. The lowest BCUT2D eigenvalue weighted by Gasteiger charge is -2.42. The number of hydrogen-bond acceptors (Lipinski definition) is 6. The molecule has 1 unspecified atom stereocenters. The van der Waals surface area contributed by atoms with Crippen molar-refractivity contribution in [3.63, 3.8) is 0 Å². The van der Waals surface area contributed by atoms with E-state index in [0.717, 1.165) is 36.3 Å². The van der Waals surface area contributed by atoms with Crippen molar-refractivity contribution in [2.24, 2.45) is 13.0 Å². The van der Waals surface area contributed by atoms with E-state index in [1.807, 2.05) is 11.6 Å². The normalized spacial score (nSPS) is 21.7. The number of anilines is 1. The predicted molar refractivity (Wildman–Crippen MR) is 141 cm³/mol. The molecule has 3 aliphatic heterocycles. The number of aryl methyl sites for hydroxylation is 1. The summed E-state index contributed by atoms with van der Waals surface area (Å²) in [6, 6.07) is 13.4. The van der Waals surface area contributed by atoms with E-state index in [0.29, 0.717) is 13.2 Å². The summed E-state index contributed by atoms with van der Waals surface area (Å²) in [5.74, 6) is 1.77. The topological polar surface area (TPSA) is 46.4 Å². The monoisotopic (exact) mass is 509 g/mol. The highest BCUT2D eigenvalue weighted by Crippen LogP contribution is 2.45. The summed E-state index contributed by atoms with van der Waals surface area (Å²) in [5.41, 5.74) is 5.01. The molecule has 0 amide bonds. The van der Waals surface area contributed by atoms with Crippen LogP contribution in [0.4, 0.5) is 5.69 Å². The maximum atomic E-state index is 6.81. The Morgan fingerprint density at radius 1 is 1.23 bits per heavy atom. The molecular weight excluding hydrogens is 478 g/mol. The standard InChI is InChI=1S/C27H32ClN5OS/c1-19-5-4-8-32(13-19)14-20-9-24(28)23-15-33(35-25(23)10-20)22-7-3-6-21(11-22)27(16-34-17-27)12-26-30-29-18-31(26)2/h3,6-7,9-11,18-19H,4-5,8,12-17H2,1-2H3. The first-order valence-electron chi connectivity index (χ1n) is 12.5. The third-order valence-corrected chi connectivity index (χ3v) is 9.14. The number of aromatic nitrogens is 3. The lowest BCUT2D eigenvalue weighted by molar-refractivity contribution is -0.0611. The fourth-order valence-electron chi connectivity index (χ4n) is 5.60. The van der Waals surface area contributed by atoms with Crippen LogP contribution < -0.4 is 4.31 Å². The highest BCUT2D eigenvalue weighted by molar-refractivity contribution is 8.01. The van der Waals surface area contributed by atoms with Gasteiger partial charge in [-0.2, -0.15) is 0 Å².